The summed E-state index contributed by atoms with van der Waals surface area (Å²) >= 11 is 0. The second-order valence-electron chi connectivity index (χ2n) is 6.97. The van der Waals surface area contributed by atoms with E-state index in [4.69, 9.17) is 10.5 Å². The van der Waals surface area contributed by atoms with E-state index in [-0.39, 0.29) is 28.7 Å². The first-order valence-electron chi connectivity index (χ1n) is 9.25. The van der Waals surface area contributed by atoms with Gasteiger partial charge in [-0.1, -0.05) is 42.5 Å². The highest BCUT2D eigenvalue weighted by molar-refractivity contribution is 6.12. The molecule has 2 aliphatic rings. The Bertz CT molecular complexity index is 1090. The van der Waals surface area contributed by atoms with Gasteiger partial charge in [-0.25, -0.2) is 0 Å². The minimum absolute atomic E-state index is 0.0659. The lowest BCUT2D eigenvalue weighted by Crippen LogP contribution is -2.30. The summed E-state index contributed by atoms with van der Waals surface area (Å²) in [5.41, 5.74) is 7.39. The van der Waals surface area contributed by atoms with Gasteiger partial charge < -0.3 is 10.5 Å². The number of hydrogen-bond donors (Lipinski definition) is 1. The number of nitrogens with two attached hydrogens (primary N) is 1. The van der Waals surface area contributed by atoms with Gasteiger partial charge in [-0.3, -0.25) is 19.7 Å². The third kappa shape index (κ3) is 3.31. The van der Waals surface area contributed by atoms with Gasteiger partial charge in [0.1, 0.15) is 5.76 Å². The molecule has 0 saturated carbocycles. The predicted molar refractivity (Wildman–Crippen MR) is 105 cm³/mol. The number of allylic oxidation sites excluding steroid dienone is 3. The van der Waals surface area contributed by atoms with Crippen LogP contribution in [0, 0.1) is 10.1 Å². The molecule has 0 fully saturated rings. The molecule has 0 spiro atoms. The van der Waals surface area contributed by atoms with Gasteiger partial charge in [0.05, 0.1) is 16.4 Å². The zero-order chi connectivity index (χ0) is 20.5. The minimum atomic E-state index is -0.806. The van der Waals surface area contributed by atoms with E-state index < -0.39 is 10.8 Å². The number of carbonyl (C=O) groups excluding carboxylic acids is 2. The summed E-state index contributed by atoms with van der Waals surface area (Å²) in [7, 11) is 0. The first kappa shape index (κ1) is 18.6. The summed E-state index contributed by atoms with van der Waals surface area (Å²) in [5.74, 6) is -0.930. The molecule has 29 heavy (non-hydrogen) atoms. The lowest BCUT2D eigenvalue weighted by atomic mass is 9.75. The largest absolute Gasteiger partial charge is 0.445 e. The van der Waals surface area contributed by atoms with Crippen molar-refractivity contribution in [3.05, 3.63) is 98.6 Å². The van der Waals surface area contributed by atoms with Crippen LogP contribution in [0.3, 0.4) is 0 Å². The molecule has 7 heteroatoms. The van der Waals surface area contributed by atoms with E-state index in [1.54, 1.807) is 36.4 Å². The lowest BCUT2D eigenvalue weighted by molar-refractivity contribution is -0.384. The molecule has 1 heterocycles. The average Bonchev–Trinajstić information content (AvgIpc) is 2.73. The van der Waals surface area contributed by atoms with Crippen molar-refractivity contribution >= 4 is 17.3 Å². The normalized spacial score (nSPS) is 18.9. The first-order chi connectivity index (χ1) is 14.0. The Kier molecular flexibility index (Phi) is 4.72. The van der Waals surface area contributed by atoms with E-state index in [0.717, 1.165) is 0 Å². The number of non-ortho nitro benzene ring substituents is 1. The molecule has 0 saturated heterocycles. The summed E-state index contributed by atoms with van der Waals surface area (Å²) in [6.45, 7) is 0. The maximum atomic E-state index is 13.3. The fraction of sp³-hybridized carbons (Fsp3) is 0.182. The van der Waals surface area contributed by atoms with Crippen molar-refractivity contribution in [3.63, 3.8) is 0 Å². The molecule has 4 rings (SSSR count). The number of carbonyl (C=O) groups is 2. The van der Waals surface area contributed by atoms with Crippen LogP contribution in [0.2, 0.25) is 0 Å². The molecular weight excluding hydrogens is 372 g/mol. The zero-order valence-corrected chi connectivity index (χ0v) is 15.5. The molecule has 0 radical (unpaired) electrons. The molecule has 1 aliphatic carbocycles. The quantitative estimate of drug-likeness (QED) is 0.483. The summed E-state index contributed by atoms with van der Waals surface area (Å²) in [6, 6.07) is 14.5. The van der Waals surface area contributed by atoms with Crippen LogP contribution in [0.4, 0.5) is 5.69 Å². The molecule has 0 bridgehead atoms. The van der Waals surface area contributed by atoms with Crippen LogP contribution < -0.4 is 5.73 Å². The smallest absolute Gasteiger partial charge is 0.269 e. The number of ketones is 2. The summed E-state index contributed by atoms with van der Waals surface area (Å²) in [5, 5.41) is 11.3. The van der Waals surface area contributed by atoms with Crippen LogP contribution >= 0.6 is 0 Å². The first-order valence-corrected chi connectivity index (χ1v) is 9.25. The number of Topliss-reactive ketones (excluding diaryl/α,β-unsaturated/α-hetero) is 2. The van der Waals surface area contributed by atoms with Crippen molar-refractivity contribution in [2.45, 2.75) is 25.2 Å². The summed E-state index contributed by atoms with van der Waals surface area (Å²) < 4.78 is 5.71. The minimum Gasteiger partial charge on any atom is -0.445 e. The second kappa shape index (κ2) is 7.35. The number of rotatable bonds is 4. The van der Waals surface area contributed by atoms with Crippen molar-refractivity contribution in [2.75, 3.05) is 0 Å². The van der Waals surface area contributed by atoms with Gasteiger partial charge in [-0.15, -0.1) is 0 Å². The van der Waals surface area contributed by atoms with Gasteiger partial charge in [0, 0.05) is 36.1 Å². The Morgan fingerprint density at radius 2 is 1.86 bits per heavy atom. The van der Waals surface area contributed by atoms with Crippen molar-refractivity contribution in [1.29, 1.82) is 0 Å². The number of ether oxygens (including phenoxy) is 1. The summed E-state index contributed by atoms with van der Waals surface area (Å²) in [6.07, 6.45) is 1.49. The Morgan fingerprint density at radius 1 is 1.10 bits per heavy atom. The van der Waals surface area contributed by atoms with Crippen molar-refractivity contribution in [1.82, 2.24) is 0 Å². The van der Waals surface area contributed by atoms with E-state index in [0.29, 0.717) is 41.7 Å². The fourth-order valence-electron chi connectivity index (χ4n) is 3.88. The average molecular weight is 390 g/mol. The Hall–Kier alpha value is -3.74. The third-order valence-corrected chi connectivity index (χ3v) is 5.18. The van der Waals surface area contributed by atoms with Gasteiger partial charge in [-0.2, -0.15) is 0 Å². The molecule has 1 aliphatic heterocycles. The van der Waals surface area contributed by atoms with Crippen LogP contribution in [0.5, 0.6) is 0 Å². The van der Waals surface area contributed by atoms with Crippen LogP contribution in [-0.4, -0.2) is 16.5 Å². The Morgan fingerprint density at radius 3 is 2.59 bits per heavy atom. The molecule has 2 aromatic carbocycles. The number of nitrogens with zero attached hydrogens (tertiary/aromatic N) is 1. The molecular formula is C22H18N2O5. The third-order valence-electron chi connectivity index (χ3n) is 5.18. The molecule has 146 valence electrons. The number of benzene rings is 2. The SMILES string of the molecule is NC1=C(C(=O)c2ccccc2)[C@H](c2cccc([N+](=O)[O-])c2)C2=C(CCCC2=O)O1. The topological polar surface area (TPSA) is 113 Å². The molecule has 7 nitrogen and oxygen atoms in total. The van der Waals surface area contributed by atoms with Gasteiger partial charge in [0.2, 0.25) is 0 Å². The monoisotopic (exact) mass is 390 g/mol. The van der Waals surface area contributed by atoms with E-state index in [1.165, 1.54) is 18.2 Å². The summed E-state index contributed by atoms with van der Waals surface area (Å²) in [4.78, 5) is 36.9. The fourth-order valence-corrected chi connectivity index (χ4v) is 3.88. The maximum Gasteiger partial charge on any atom is 0.269 e. The Balaban J connectivity index is 1.91. The second-order valence-corrected chi connectivity index (χ2v) is 6.97. The van der Waals surface area contributed by atoms with Gasteiger partial charge in [0.25, 0.3) is 5.69 Å². The zero-order valence-electron chi connectivity index (χ0n) is 15.5. The molecule has 0 unspecified atom stereocenters. The van der Waals surface area contributed by atoms with E-state index >= 15 is 0 Å². The number of nitro benzene ring substituents is 1. The lowest BCUT2D eigenvalue weighted by Gasteiger charge is -2.32. The molecule has 1 atom stereocenters. The van der Waals surface area contributed by atoms with Crippen LogP contribution in [-0.2, 0) is 9.53 Å². The van der Waals surface area contributed by atoms with Gasteiger partial charge in [0.15, 0.2) is 17.4 Å². The highest BCUT2D eigenvalue weighted by Gasteiger charge is 2.41. The van der Waals surface area contributed by atoms with Crippen molar-refractivity contribution in [3.8, 4) is 0 Å². The standard InChI is InChI=1S/C22H18N2O5/c23-22-20(21(26)13-6-2-1-3-7-13)18(14-8-4-9-15(12-14)24(27)28)19-16(25)10-5-11-17(19)29-22/h1-4,6-9,12,18H,5,10-11,23H2/t18-/m1/s1. The predicted octanol–water partition coefficient (Wildman–Crippen LogP) is 3.77. The van der Waals surface area contributed by atoms with E-state index in [1.807, 2.05) is 0 Å². The number of nitro groups is 1. The highest BCUT2D eigenvalue weighted by atomic mass is 16.6. The van der Waals surface area contributed by atoms with Crippen LogP contribution in [0.15, 0.2) is 77.4 Å². The van der Waals surface area contributed by atoms with E-state index in [2.05, 4.69) is 0 Å². The van der Waals surface area contributed by atoms with Gasteiger partial charge >= 0.3 is 0 Å². The maximum absolute atomic E-state index is 13.3. The molecule has 0 aromatic heterocycles. The number of hydrogen-bond acceptors (Lipinski definition) is 6. The van der Waals surface area contributed by atoms with Crippen molar-refractivity contribution in [2.24, 2.45) is 5.73 Å². The van der Waals surface area contributed by atoms with E-state index in [9.17, 15) is 19.7 Å². The highest BCUT2D eigenvalue weighted by Crippen LogP contribution is 2.45. The molecule has 0 amide bonds. The molecule has 2 aromatic rings. The van der Waals surface area contributed by atoms with Crippen LogP contribution in [0.1, 0.15) is 41.1 Å². The Labute approximate surface area is 166 Å². The van der Waals surface area contributed by atoms with Crippen LogP contribution in [0.25, 0.3) is 0 Å². The van der Waals surface area contributed by atoms with Gasteiger partial charge in [-0.05, 0) is 12.0 Å². The molecule has 2 N–H and O–H groups in total. The van der Waals surface area contributed by atoms with Crippen molar-refractivity contribution < 1.29 is 19.2 Å².